The molecule has 2 aliphatic rings. The van der Waals surface area contributed by atoms with E-state index in [0.29, 0.717) is 17.3 Å². The Morgan fingerprint density at radius 1 is 1.07 bits per heavy atom. The fourth-order valence-corrected chi connectivity index (χ4v) is 4.23. The minimum Gasteiger partial charge on any atom is -0.480 e. The molecule has 2 heterocycles. The zero-order valence-corrected chi connectivity index (χ0v) is 16.8. The number of hydrogen-bond acceptors (Lipinski definition) is 6. The van der Waals surface area contributed by atoms with Crippen molar-refractivity contribution in [2.75, 3.05) is 11.4 Å². The molecule has 0 saturated carbocycles. The van der Waals surface area contributed by atoms with Crippen molar-refractivity contribution in [1.29, 1.82) is 0 Å². The molecule has 146 valence electrons. The molecule has 1 saturated heterocycles. The fraction of sp³-hybridized carbons (Fsp3) is 0.0952. The lowest BCUT2D eigenvalue weighted by Gasteiger charge is -2.18. The number of amides is 1. The van der Waals surface area contributed by atoms with Crippen LogP contribution in [0.3, 0.4) is 0 Å². The maximum absolute atomic E-state index is 12.4. The predicted octanol–water partition coefficient (Wildman–Crippen LogP) is 3.76. The quantitative estimate of drug-likeness (QED) is 0.579. The van der Waals surface area contributed by atoms with Crippen molar-refractivity contribution in [1.82, 2.24) is 4.90 Å². The number of carboxylic acids is 1. The number of benzene rings is 2. The third-order valence-corrected chi connectivity index (χ3v) is 5.76. The highest BCUT2D eigenvalue weighted by atomic mass is 32.2. The van der Waals surface area contributed by atoms with Crippen molar-refractivity contribution in [3.05, 3.63) is 83.1 Å². The van der Waals surface area contributed by atoms with Crippen molar-refractivity contribution >= 4 is 45.9 Å². The molecule has 4 rings (SSSR count). The summed E-state index contributed by atoms with van der Waals surface area (Å²) in [6.45, 7) is 0.165. The fourth-order valence-electron chi connectivity index (χ4n) is 3.04. The van der Waals surface area contributed by atoms with Gasteiger partial charge < -0.3 is 14.7 Å². The molecule has 0 atom stereocenters. The number of rotatable bonds is 5. The van der Waals surface area contributed by atoms with Crippen LogP contribution in [0.1, 0.15) is 5.56 Å². The molecular weight excluding hydrogens is 408 g/mol. The summed E-state index contributed by atoms with van der Waals surface area (Å²) in [4.78, 5) is 26.9. The van der Waals surface area contributed by atoms with Gasteiger partial charge in [-0.1, -0.05) is 66.4 Å². The van der Waals surface area contributed by atoms with Gasteiger partial charge in [0.2, 0.25) is 5.88 Å². The average molecular weight is 425 g/mol. The largest absolute Gasteiger partial charge is 0.480 e. The number of ether oxygens (including phenoxy) is 1. The Hall–Kier alpha value is -3.10. The van der Waals surface area contributed by atoms with E-state index in [2.05, 4.69) is 0 Å². The van der Waals surface area contributed by atoms with E-state index in [0.717, 1.165) is 33.7 Å². The molecule has 6 nitrogen and oxygen atoms in total. The first-order valence-electron chi connectivity index (χ1n) is 8.79. The lowest BCUT2D eigenvalue weighted by Crippen LogP contribution is -2.33. The Kier molecular flexibility index (Phi) is 5.37. The van der Waals surface area contributed by atoms with Gasteiger partial charge in [-0.05, 0) is 23.8 Å². The van der Waals surface area contributed by atoms with E-state index in [4.69, 9.17) is 22.1 Å². The Balaban J connectivity index is 1.62. The Morgan fingerprint density at radius 3 is 2.55 bits per heavy atom. The zero-order chi connectivity index (χ0) is 20.4. The summed E-state index contributed by atoms with van der Waals surface area (Å²) >= 11 is 6.21. The zero-order valence-electron chi connectivity index (χ0n) is 15.1. The molecule has 2 aromatic rings. The molecule has 0 bridgehead atoms. The van der Waals surface area contributed by atoms with Crippen molar-refractivity contribution in [3.63, 3.8) is 0 Å². The van der Waals surface area contributed by atoms with Gasteiger partial charge in [-0.3, -0.25) is 14.5 Å². The topological polar surface area (TPSA) is 70.1 Å². The molecule has 0 aliphatic carbocycles. The van der Waals surface area contributed by atoms with Gasteiger partial charge in [0.15, 0.2) is 5.75 Å². The maximum atomic E-state index is 12.4. The minimum atomic E-state index is -1.11. The third-order valence-electron chi connectivity index (χ3n) is 4.36. The molecule has 0 spiro atoms. The molecule has 1 fully saturated rings. The van der Waals surface area contributed by atoms with Crippen LogP contribution in [-0.4, -0.2) is 32.7 Å². The molecule has 29 heavy (non-hydrogen) atoms. The molecule has 2 aliphatic heterocycles. The second-order valence-electron chi connectivity index (χ2n) is 6.33. The second kappa shape index (κ2) is 8.10. The molecule has 8 heteroatoms. The standard InChI is InChI=1S/C21H16N2O4S2/c24-19(25)13-23-20(26)17(29-21(23)28)10-11-18-22(12-14-6-2-1-3-7-14)15-8-4-5-9-16(15)27-18/h1-11H,12-13H2,(H,24,25)/b17-10-,18-11+. The summed E-state index contributed by atoms with van der Waals surface area (Å²) in [5, 5.41) is 8.95. The van der Waals surface area contributed by atoms with Crippen molar-refractivity contribution < 1.29 is 19.4 Å². The lowest BCUT2D eigenvalue weighted by molar-refractivity contribution is -0.140. The number of para-hydroxylation sites is 2. The molecule has 0 aromatic heterocycles. The third kappa shape index (κ3) is 4.03. The van der Waals surface area contributed by atoms with Gasteiger partial charge in [0, 0.05) is 6.08 Å². The summed E-state index contributed by atoms with van der Waals surface area (Å²) in [5.41, 5.74) is 2.06. The van der Waals surface area contributed by atoms with Crippen LogP contribution in [0.25, 0.3) is 0 Å². The van der Waals surface area contributed by atoms with E-state index in [1.165, 1.54) is 0 Å². The maximum Gasteiger partial charge on any atom is 0.323 e. The number of allylic oxidation sites excluding steroid dienone is 2. The van der Waals surface area contributed by atoms with E-state index in [1.807, 2.05) is 59.5 Å². The number of carbonyl (C=O) groups is 2. The Morgan fingerprint density at radius 2 is 1.79 bits per heavy atom. The summed E-state index contributed by atoms with van der Waals surface area (Å²) in [5.74, 6) is -0.200. The van der Waals surface area contributed by atoms with Crippen LogP contribution in [-0.2, 0) is 16.1 Å². The van der Waals surface area contributed by atoms with Gasteiger partial charge in [-0.25, -0.2) is 0 Å². The van der Waals surface area contributed by atoms with Gasteiger partial charge in [0.05, 0.1) is 17.1 Å². The lowest BCUT2D eigenvalue weighted by atomic mass is 10.2. The van der Waals surface area contributed by atoms with Crippen LogP contribution in [0.4, 0.5) is 5.69 Å². The predicted molar refractivity (Wildman–Crippen MR) is 115 cm³/mol. The number of nitrogens with zero attached hydrogens (tertiary/aromatic N) is 2. The number of thiocarbonyl (C=S) groups is 1. The molecule has 2 aromatic carbocycles. The highest BCUT2D eigenvalue weighted by Gasteiger charge is 2.33. The number of aliphatic carboxylic acids is 1. The van der Waals surface area contributed by atoms with Crippen molar-refractivity contribution in [3.8, 4) is 5.75 Å². The second-order valence-corrected chi connectivity index (χ2v) is 8.01. The van der Waals surface area contributed by atoms with Gasteiger partial charge in [0.1, 0.15) is 10.9 Å². The molecular formula is C21H16N2O4S2. The highest BCUT2D eigenvalue weighted by Crippen LogP contribution is 2.40. The Labute approximate surface area is 177 Å². The summed E-state index contributed by atoms with van der Waals surface area (Å²) < 4.78 is 6.22. The summed E-state index contributed by atoms with van der Waals surface area (Å²) in [6.07, 6.45) is 3.34. The van der Waals surface area contributed by atoms with Crippen LogP contribution >= 0.6 is 24.0 Å². The first kappa shape index (κ1) is 19.2. The van der Waals surface area contributed by atoms with Gasteiger partial charge in [-0.2, -0.15) is 0 Å². The van der Waals surface area contributed by atoms with E-state index < -0.39 is 18.4 Å². The van der Waals surface area contributed by atoms with Crippen LogP contribution < -0.4 is 9.64 Å². The van der Waals surface area contributed by atoms with Gasteiger partial charge >= 0.3 is 5.97 Å². The number of thioether (sulfide) groups is 1. The molecule has 1 amide bonds. The number of hydrogen-bond donors (Lipinski definition) is 1. The van der Waals surface area contributed by atoms with Crippen LogP contribution in [0.5, 0.6) is 5.75 Å². The number of carboxylic acid groups (broad SMARTS) is 1. The van der Waals surface area contributed by atoms with E-state index in [9.17, 15) is 9.59 Å². The number of carbonyl (C=O) groups excluding carboxylic acids is 1. The number of fused-ring (bicyclic) bond motifs is 1. The van der Waals surface area contributed by atoms with Crippen LogP contribution in [0, 0.1) is 0 Å². The minimum absolute atomic E-state index is 0.235. The normalized spacial score (nSPS) is 18.5. The first-order chi connectivity index (χ1) is 14.0. The van der Waals surface area contributed by atoms with Crippen molar-refractivity contribution in [2.24, 2.45) is 0 Å². The SMILES string of the molecule is O=C(O)CN1C(=O)/C(=C/C=C2/Oc3ccccc3N2Cc2ccccc2)SC1=S. The van der Waals surface area contributed by atoms with E-state index in [-0.39, 0.29) is 4.32 Å². The highest BCUT2D eigenvalue weighted by molar-refractivity contribution is 8.26. The Bertz CT molecular complexity index is 1050. The smallest absolute Gasteiger partial charge is 0.323 e. The van der Waals surface area contributed by atoms with Gasteiger partial charge in [-0.15, -0.1) is 0 Å². The number of anilines is 1. The van der Waals surface area contributed by atoms with Crippen molar-refractivity contribution in [2.45, 2.75) is 6.54 Å². The first-order valence-corrected chi connectivity index (χ1v) is 10.0. The average Bonchev–Trinajstić information content (AvgIpc) is 3.19. The van der Waals surface area contributed by atoms with Crippen LogP contribution in [0.2, 0.25) is 0 Å². The van der Waals surface area contributed by atoms with E-state index >= 15 is 0 Å². The molecule has 0 unspecified atom stereocenters. The molecule has 1 N–H and O–H groups in total. The monoisotopic (exact) mass is 424 g/mol. The molecule has 0 radical (unpaired) electrons. The summed E-state index contributed by atoms with van der Waals surface area (Å²) in [6, 6.07) is 17.7. The van der Waals surface area contributed by atoms with E-state index in [1.54, 1.807) is 12.2 Å². The summed E-state index contributed by atoms with van der Waals surface area (Å²) in [7, 11) is 0. The van der Waals surface area contributed by atoms with Crippen LogP contribution in [0.15, 0.2) is 77.5 Å². The van der Waals surface area contributed by atoms with Gasteiger partial charge in [0.25, 0.3) is 5.91 Å².